The van der Waals surface area contributed by atoms with Crippen LogP contribution in [0.4, 0.5) is 0 Å². The van der Waals surface area contributed by atoms with Crippen LogP contribution in [0.5, 0.6) is 0 Å². The molecule has 0 amide bonds. The second-order valence-electron chi connectivity index (χ2n) is 1.40. The molecule has 0 saturated heterocycles. The Bertz CT molecular complexity index is 46.3. The zero-order valence-corrected chi connectivity index (χ0v) is 6.05. The van der Waals surface area contributed by atoms with Gasteiger partial charge < -0.3 is 15.2 Å². The topological polar surface area (TPSA) is 49.3 Å². The summed E-state index contributed by atoms with van der Waals surface area (Å²) in [6.45, 7) is 2.74. The van der Waals surface area contributed by atoms with E-state index in [1.54, 1.807) is 7.05 Å². The van der Waals surface area contributed by atoms with Crippen molar-refractivity contribution in [3.63, 3.8) is 0 Å². The van der Waals surface area contributed by atoms with Crippen molar-refractivity contribution in [1.82, 2.24) is 5.32 Å². The van der Waals surface area contributed by atoms with Gasteiger partial charge in [0.25, 0.3) is 0 Å². The van der Waals surface area contributed by atoms with Crippen LogP contribution in [0.3, 0.4) is 0 Å². The molecule has 9 heavy (non-hydrogen) atoms. The van der Waals surface area contributed by atoms with E-state index in [0.717, 1.165) is 6.29 Å². The summed E-state index contributed by atoms with van der Waals surface area (Å²) in [6.07, 6.45) is 1.51. The van der Waals surface area contributed by atoms with Crippen LogP contribution in [0.25, 0.3) is 0 Å². The first-order chi connectivity index (χ1) is 4.33. The Balaban J connectivity index is 0. The highest BCUT2D eigenvalue weighted by atomic mass is 16.3. The molecule has 0 radical (unpaired) electrons. The number of likely N-dealkylation sites (N-methyl/N-ethyl adjacent to an activating group) is 1. The molecule has 0 aliphatic rings. The Labute approximate surface area is 56.1 Å². The SMILES string of the molecule is CCC=O.CNCCO. The molecule has 56 valence electrons. The number of nitrogens with one attached hydrogen (secondary N) is 1. The largest absolute Gasteiger partial charge is 0.395 e. The number of rotatable bonds is 3. The van der Waals surface area contributed by atoms with Crippen LogP contribution < -0.4 is 5.32 Å². The molecule has 0 aromatic rings. The fraction of sp³-hybridized carbons (Fsp3) is 0.833. The first-order valence-electron chi connectivity index (χ1n) is 3.02. The molecule has 0 atom stereocenters. The lowest BCUT2D eigenvalue weighted by molar-refractivity contribution is -0.107. The minimum absolute atomic E-state index is 0.233. The fourth-order valence-electron chi connectivity index (χ4n) is 0.112. The van der Waals surface area contributed by atoms with E-state index in [4.69, 9.17) is 5.11 Å². The molecule has 0 saturated carbocycles. The number of aliphatic hydroxyl groups excluding tert-OH is 1. The van der Waals surface area contributed by atoms with Crippen molar-refractivity contribution in [2.45, 2.75) is 13.3 Å². The molecule has 0 aliphatic heterocycles. The van der Waals surface area contributed by atoms with Gasteiger partial charge in [0, 0.05) is 13.0 Å². The van der Waals surface area contributed by atoms with Gasteiger partial charge in [-0.3, -0.25) is 0 Å². The van der Waals surface area contributed by atoms with Gasteiger partial charge in [-0.2, -0.15) is 0 Å². The maximum Gasteiger partial charge on any atom is 0.119 e. The Morgan fingerprint density at radius 3 is 2.11 bits per heavy atom. The van der Waals surface area contributed by atoms with Gasteiger partial charge in [-0.1, -0.05) is 6.92 Å². The summed E-state index contributed by atoms with van der Waals surface area (Å²) in [7, 11) is 1.80. The van der Waals surface area contributed by atoms with Crippen LogP contribution in [0.15, 0.2) is 0 Å². The van der Waals surface area contributed by atoms with E-state index < -0.39 is 0 Å². The van der Waals surface area contributed by atoms with Crippen molar-refractivity contribution in [3.8, 4) is 0 Å². The summed E-state index contributed by atoms with van der Waals surface area (Å²) in [4.78, 5) is 9.17. The monoisotopic (exact) mass is 133 g/mol. The van der Waals surface area contributed by atoms with Gasteiger partial charge in [-0.25, -0.2) is 0 Å². The van der Waals surface area contributed by atoms with E-state index in [0.29, 0.717) is 13.0 Å². The highest BCUT2D eigenvalue weighted by molar-refractivity contribution is 5.48. The van der Waals surface area contributed by atoms with E-state index in [2.05, 4.69) is 5.32 Å². The fourth-order valence-corrected chi connectivity index (χ4v) is 0.112. The van der Waals surface area contributed by atoms with E-state index in [1.165, 1.54) is 0 Å². The Hall–Kier alpha value is -0.410. The lowest BCUT2D eigenvalue weighted by atomic mass is 10.6. The minimum Gasteiger partial charge on any atom is -0.395 e. The van der Waals surface area contributed by atoms with Gasteiger partial charge in [0.15, 0.2) is 0 Å². The molecule has 0 unspecified atom stereocenters. The van der Waals surface area contributed by atoms with Gasteiger partial charge in [0.2, 0.25) is 0 Å². The van der Waals surface area contributed by atoms with E-state index >= 15 is 0 Å². The van der Waals surface area contributed by atoms with Crippen molar-refractivity contribution < 1.29 is 9.90 Å². The van der Waals surface area contributed by atoms with Gasteiger partial charge in [-0.15, -0.1) is 0 Å². The Kier molecular flexibility index (Phi) is 19.8. The van der Waals surface area contributed by atoms with Crippen LogP contribution in [0.2, 0.25) is 0 Å². The molecular formula is C6H15NO2. The summed E-state index contributed by atoms with van der Waals surface area (Å²) in [5.74, 6) is 0. The van der Waals surface area contributed by atoms with Crippen LogP contribution in [0.1, 0.15) is 13.3 Å². The predicted octanol–water partition coefficient (Wildman–Crippen LogP) is -0.207. The number of aldehydes is 1. The molecule has 3 nitrogen and oxygen atoms in total. The molecule has 0 heterocycles. The highest BCUT2D eigenvalue weighted by Gasteiger charge is 1.65. The number of carbonyl (C=O) groups is 1. The summed E-state index contributed by atoms with van der Waals surface area (Å²) in [5.41, 5.74) is 0. The lowest BCUT2D eigenvalue weighted by Crippen LogP contribution is -2.10. The van der Waals surface area contributed by atoms with Crippen LogP contribution >= 0.6 is 0 Å². The summed E-state index contributed by atoms with van der Waals surface area (Å²) in [5, 5.41) is 10.8. The molecule has 0 fully saturated rings. The van der Waals surface area contributed by atoms with Crippen molar-refractivity contribution in [2.24, 2.45) is 0 Å². The average Bonchev–Trinajstić information content (AvgIpc) is 1.91. The maximum atomic E-state index is 9.17. The van der Waals surface area contributed by atoms with Gasteiger partial charge in [0.1, 0.15) is 6.29 Å². The van der Waals surface area contributed by atoms with Gasteiger partial charge in [-0.05, 0) is 7.05 Å². The molecule has 0 spiro atoms. The van der Waals surface area contributed by atoms with Crippen molar-refractivity contribution in [2.75, 3.05) is 20.2 Å². The molecule has 2 N–H and O–H groups in total. The third kappa shape index (κ3) is 35.4. The number of hydrogen-bond acceptors (Lipinski definition) is 3. The third-order valence-electron chi connectivity index (χ3n) is 0.528. The minimum atomic E-state index is 0.233. The maximum absolute atomic E-state index is 9.17. The zero-order chi connectivity index (χ0) is 7.54. The summed E-state index contributed by atoms with van der Waals surface area (Å²) >= 11 is 0. The first-order valence-corrected chi connectivity index (χ1v) is 3.02. The number of aliphatic hydroxyl groups is 1. The van der Waals surface area contributed by atoms with Gasteiger partial charge >= 0.3 is 0 Å². The molecule has 3 heteroatoms. The smallest absolute Gasteiger partial charge is 0.119 e. The molecule has 0 aromatic carbocycles. The van der Waals surface area contributed by atoms with E-state index in [9.17, 15) is 4.79 Å². The van der Waals surface area contributed by atoms with E-state index in [1.807, 2.05) is 6.92 Å². The molecule has 0 aromatic heterocycles. The lowest BCUT2D eigenvalue weighted by Gasteiger charge is -1.84. The van der Waals surface area contributed by atoms with Crippen molar-refractivity contribution >= 4 is 6.29 Å². The van der Waals surface area contributed by atoms with Crippen LogP contribution in [0, 0.1) is 0 Å². The van der Waals surface area contributed by atoms with Gasteiger partial charge in [0.05, 0.1) is 6.61 Å². The zero-order valence-electron chi connectivity index (χ0n) is 6.05. The Morgan fingerprint density at radius 2 is 2.11 bits per heavy atom. The quantitative estimate of drug-likeness (QED) is 0.524. The molecule has 0 aliphatic carbocycles. The first kappa shape index (κ1) is 11.4. The summed E-state index contributed by atoms with van der Waals surface area (Å²) < 4.78 is 0. The van der Waals surface area contributed by atoms with Crippen molar-refractivity contribution in [3.05, 3.63) is 0 Å². The third-order valence-corrected chi connectivity index (χ3v) is 0.528. The molecular weight excluding hydrogens is 118 g/mol. The average molecular weight is 133 g/mol. The predicted molar refractivity (Wildman–Crippen MR) is 37.4 cm³/mol. The second kappa shape index (κ2) is 15.6. The number of carbonyl (C=O) groups excluding carboxylic acids is 1. The van der Waals surface area contributed by atoms with Crippen LogP contribution in [-0.4, -0.2) is 31.6 Å². The molecule has 0 rings (SSSR count). The second-order valence-corrected chi connectivity index (χ2v) is 1.40. The Morgan fingerprint density at radius 1 is 1.67 bits per heavy atom. The normalized spacial score (nSPS) is 7.44. The molecule has 0 bridgehead atoms. The highest BCUT2D eigenvalue weighted by Crippen LogP contribution is 1.53. The van der Waals surface area contributed by atoms with Crippen molar-refractivity contribution in [1.29, 1.82) is 0 Å². The number of hydrogen-bond donors (Lipinski definition) is 2. The van der Waals surface area contributed by atoms with Crippen LogP contribution in [-0.2, 0) is 4.79 Å². The standard InChI is InChI=1S/C3H9NO.C3H6O/c1-4-2-3-5;1-2-3-4/h4-5H,2-3H2,1H3;3H,2H2,1H3. The summed E-state index contributed by atoms with van der Waals surface area (Å²) in [6, 6.07) is 0. The van der Waals surface area contributed by atoms with E-state index in [-0.39, 0.29) is 6.61 Å².